The number of hydrogen-bond acceptors (Lipinski definition) is 0. The lowest BCUT2D eigenvalue weighted by molar-refractivity contribution is 0.728. The van der Waals surface area contributed by atoms with E-state index in [2.05, 4.69) is 82.9 Å². The number of hydrogen-bond donors (Lipinski definition) is 0. The van der Waals surface area contributed by atoms with Crippen LogP contribution >= 0.6 is 0 Å². The van der Waals surface area contributed by atoms with Gasteiger partial charge in [0.15, 0.2) is 0 Å². The number of allylic oxidation sites excluding steroid dienone is 1. The fraction of sp³-hybridized carbons (Fsp3) is 0.500. The zero-order valence-corrected chi connectivity index (χ0v) is 13.1. The van der Waals surface area contributed by atoms with Crippen molar-refractivity contribution in [3.05, 3.63) is 47.7 Å². The second kappa shape index (κ2) is 5.22. The van der Waals surface area contributed by atoms with Crippen molar-refractivity contribution in [2.24, 2.45) is 0 Å². The van der Waals surface area contributed by atoms with Gasteiger partial charge in [0, 0.05) is 0 Å². The van der Waals surface area contributed by atoms with Gasteiger partial charge in [-0.05, 0) is 16.5 Å². The highest BCUT2D eigenvalue weighted by Gasteiger charge is 2.32. The Morgan fingerprint density at radius 3 is 2.06 bits per heavy atom. The quantitative estimate of drug-likeness (QED) is 0.627. The molecule has 1 atom stereocenters. The maximum Gasteiger partial charge on any atom is 0.0766 e. The molecule has 0 N–H and O–H groups in total. The van der Waals surface area contributed by atoms with Gasteiger partial charge in [-0.3, -0.25) is 0 Å². The molecule has 0 aliphatic rings. The summed E-state index contributed by atoms with van der Waals surface area (Å²) in [5.41, 5.74) is 3.91. The average molecular weight is 246 g/mol. The molecule has 0 radical (unpaired) electrons. The maximum atomic E-state index is 2.50. The van der Waals surface area contributed by atoms with Crippen molar-refractivity contribution < 1.29 is 0 Å². The minimum Gasteiger partial charge on any atom is -0.0975 e. The number of benzene rings is 1. The largest absolute Gasteiger partial charge is 0.0975 e. The molecule has 0 heterocycles. The molecule has 1 heteroatoms. The molecule has 0 fully saturated rings. The van der Waals surface area contributed by atoms with Crippen LogP contribution in [-0.4, -0.2) is 8.07 Å². The van der Waals surface area contributed by atoms with Crippen LogP contribution in [0, 0.1) is 0 Å². The van der Waals surface area contributed by atoms with Crippen molar-refractivity contribution >= 4 is 8.07 Å². The van der Waals surface area contributed by atoms with Gasteiger partial charge in [0.1, 0.15) is 0 Å². The van der Waals surface area contributed by atoms with E-state index in [1.807, 2.05) is 0 Å². The summed E-state index contributed by atoms with van der Waals surface area (Å²) in [7, 11) is -1.28. The third-order valence-electron chi connectivity index (χ3n) is 4.06. The molecular weight excluding hydrogens is 220 g/mol. The highest BCUT2D eigenvalue weighted by atomic mass is 28.3. The molecule has 0 amide bonds. The van der Waals surface area contributed by atoms with Crippen LogP contribution in [0.1, 0.15) is 39.2 Å². The Hall–Kier alpha value is -0.823. The Kier molecular flexibility index (Phi) is 4.37. The minimum absolute atomic E-state index is 0.430. The van der Waals surface area contributed by atoms with Crippen molar-refractivity contribution in [1.29, 1.82) is 0 Å². The smallest absolute Gasteiger partial charge is 0.0766 e. The Labute approximate surface area is 108 Å². The van der Waals surface area contributed by atoms with Crippen molar-refractivity contribution in [3.63, 3.8) is 0 Å². The van der Waals surface area contributed by atoms with Gasteiger partial charge in [0.05, 0.1) is 8.07 Å². The lowest BCUT2D eigenvalue weighted by atomic mass is 10.0. The van der Waals surface area contributed by atoms with Crippen LogP contribution in [0.4, 0.5) is 0 Å². The monoisotopic (exact) mass is 246 g/mol. The normalized spacial score (nSPS) is 15.2. The summed E-state index contributed by atoms with van der Waals surface area (Å²) in [6.45, 7) is 14.2. The van der Waals surface area contributed by atoms with Crippen LogP contribution in [0.3, 0.4) is 0 Å². The van der Waals surface area contributed by atoms with Gasteiger partial charge >= 0.3 is 0 Å². The standard InChI is InChI=1S/C16H26Si/c1-14(15-10-8-7-9-11-15)12-13-17(5,6)16(2,3)4/h7-14H,1-6H3/b13-12+/t14-/m0/s1. The van der Waals surface area contributed by atoms with E-state index in [9.17, 15) is 0 Å². The molecule has 0 spiro atoms. The van der Waals surface area contributed by atoms with Crippen LogP contribution in [0.2, 0.25) is 18.1 Å². The predicted octanol–water partition coefficient (Wildman–Crippen LogP) is 5.39. The van der Waals surface area contributed by atoms with Gasteiger partial charge in [-0.25, -0.2) is 0 Å². The maximum absolute atomic E-state index is 2.50. The summed E-state index contributed by atoms with van der Waals surface area (Å²) < 4.78 is 0. The molecule has 0 nitrogen and oxygen atoms in total. The summed E-state index contributed by atoms with van der Waals surface area (Å²) in [6.07, 6.45) is 2.40. The summed E-state index contributed by atoms with van der Waals surface area (Å²) in [4.78, 5) is 0. The molecule has 0 bridgehead atoms. The summed E-state index contributed by atoms with van der Waals surface area (Å²) in [5, 5.41) is 0.430. The second-order valence-corrected chi connectivity index (χ2v) is 11.8. The van der Waals surface area contributed by atoms with E-state index in [1.165, 1.54) is 5.56 Å². The lowest BCUT2D eigenvalue weighted by Gasteiger charge is -2.34. The van der Waals surface area contributed by atoms with E-state index in [0.717, 1.165) is 0 Å². The molecule has 1 aromatic rings. The van der Waals surface area contributed by atoms with Gasteiger partial charge in [-0.1, -0.05) is 82.9 Å². The first-order valence-corrected chi connectivity index (χ1v) is 9.56. The zero-order chi connectivity index (χ0) is 13.1. The predicted molar refractivity (Wildman–Crippen MR) is 81.2 cm³/mol. The highest BCUT2D eigenvalue weighted by Crippen LogP contribution is 2.37. The Bertz CT molecular complexity index is 368. The minimum atomic E-state index is -1.28. The first kappa shape index (κ1) is 14.2. The van der Waals surface area contributed by atoms with Crippen molar-refractivity contribution in [2.75, 3.05) is 0 Å². The van der Waals surface area contributed by atoms with Crippen LogP contribution in [-0.2, 0) is 0 Å². The van der Waals surface area contributed by atoms with E-state index in [4.69, 9.17) is 0 Å². The lowest BCUT2D eigenvalue weighted by Crippen LogP contribution is -2.35. The van der Waals surface area contributed by atoms with Crippen molar-refractivity contribution in [2.45, 2.75) is 51.7 Å². The number of rotatable bonds is 3. The van der Waals surface area contributed by atoms with Crippen molar-refractivity contribution in [3.8, 4) is 0 Å². The van der Waals surface area contributed by atoms with Crippen LogP contribution in [0.5, 0.6) is 0 Å². The molecule has 1 rings (SSSR count). The molecule has 0 aliphatic carbocycles. The van der Waals surface area contributed by atoms with E-state index >= 15 is 0 Å². The third kappa shape index (κ3) is 3.85. The molecule has 94 valence electrons. The Balaban J connectivity index is 2.79. The third-order valence-corrected chi connectivity index (χ3v) is 8.95. The van der Waals surface area contributed by atoms with Gasteiger partial charge < -0.3 is 0 Å². The first-order valence-electron chi connectivity index (χ1n) is 6.48. The Morgan fingerprint density at radius 1 is 1.06 bits per heavy atom. The van der Waals surface area contributed by atoms with Gasteiger partial charge in [0.2, 0.25) is 0 Å². The summed E-state index contributed by atoms with van der Waals surface area (Å²) >= 11 is 0. The SMILES string of the molecule is C[C@@H](/C=C/[Si](C)(C)C(C)(C)C)c1ccccc1. The fourth-order valence-electron chi connectivity index (χ4n) is 1.50. The van der Waals surface area contributed by atoms with E-state index < -0.39 is 8.07 Å². The topological polar surface area (TPSA) is 0 Å². The first-order chi connectivity index (χ1) is 7.74. The molecule has 0 unspecified atom stereocenters. The second-order valence-electron chi connectivity index (χ2n) is 6.53. The van der Waals surface area contributed by atoms with E-state index in [1.54, 1.807) is 0 Å². The van der Waals surface area contributed by atoms with Crippen LogP contribution < -0.4 is 0 Å². The summed E-state index contributed by atoms with van der Waals surface area (Å²) in [6, 6.07) is 10.7. The van der Waals surface area contributed by atoms with E-state index in [-0.39, 0.29) is 0 Å². The van der Waals surface area contributed by atoms with Crippen molar-refractivity contribution in [1.82, 2.24) is 0 Å². The molecule has 0 saturated heterocycles. The van der Waals surface area contributed by atoms with E-state index in [0.29, 0.717) is 11.0 Å². The zero-order valence-electron chi connectivity index (χ0n) is 12.1. The molecule has 0 aromatic heterocycles. The van der Waals surface area contributed by atoms with Gasteiger partial charge in [-0.15, -0.1) is 0 Å². The van der Waals surface area contributed by atoms with Crippen LogP contribution in [0.25, 0.3) is 0 Å². The molecule has 0 saturated carbocycles. The molecule has 17 heavy (non-hydrogen) atoms. The van der Waals surface area contributed by atoms with Gasteiger partial charge in [-0.2, -0.15) is 0 Å². The molecular formula is C16H26Si. The average Bonchev–Trinajstić information content (AvgIpc) is 2.25. The highest BCUT2D eigenvalue weighted by molar-refractivity contribution is 6.84. The van der Waals surface area contributed by atoms with Crippen LogP contribution in [0.15, 0.2) is 42.1 Å². The molecule has 1 aromatic carbocycles. The summed E-state index contributed by atoms with van der Waals surface area (Å²) in [5.74, 6) is 0.519. The fourth-order valence-corrected chi connectivity index (χ4v) is 2.77. The Morgan fingerprint density at radius 2 is 1.59 bits per heavy atom. The molecule has 0 aliphatic heterocycles. The van der Waals surface area contributed by atoms with Gasteiger partial charge in [0.25, 0.3) is 0 Å².